The Morgan fingerprint density at radius 1 is 0.897 bits per heavy atom. The van der Waals surface area contributed by atoms with Gasteiger partial charge in [-0.05, 0) is 48.1 Å². The van der Waals surface area contributed by atoms with Crippen molar-refractivity contribution in [3.05, 3.63) is 107 Å². The third kappa shape index (κ3) is 5.23. The number of rotatable bonds is 7. The van der Waals surface area contributed by atoms with E-state index in [-0.39, 0.29) is 23.9 Å². The maximum Gasteiger partial charge on any atom is 0.318 e. The van der Waals surface area contributed by atoms with Crippen molar-refractivity contribution in [3.8, 4) is 0 Å². The Kier molecular flexibility index (Phi) is 5.89. The van der Waals surface area contributed by atoms with Crippen LogP contribution in [0.25, 0.3) is 0 Å². The first-order valence-corrected chi connectivity index (χ1v) is 10.1. The Balaban J connectivity index is 1.51. The lowest BCUT2D eigenvalue weighted by Gasteiger charge is -2.27. The summed E-state index contributed by atoms with van der Waals surface area (Å²) in [5.74, 6) is -0.261. The average Bonchev–Trinajstić information content (AvgIpc) is 3.59. The van der Waals surface area contributed by atoms with E-state index in [0.717, 1.165) is 30.4 Å². The molecule has 1 unspecified atom stereocenters. The fourth-order valence-corrected chi connectivity index (χ4v) is 3.56. The van der Waals surface area contributed by atoms with Crippen LogP contribution in [0, 0.1) is 5.82 Å². The summed E-state index contributed by atoms with van der Waals surface area (Å²) in [6.07, 6.45) is 2.76. The summed E-state index contributed by atoms with van der Waals surface area (Å²) in [4.78, 5) is 15.1. The Labute approximate surface area is 171 Å². The van der Waals surface area contributed by atoms with Crippen LogP contribution < -0.4 is 5.32 Å². The molecule has 1 aliphatic carbocycles. The minimum absolute atomic E-state index is 0.0680. The highest BCUT2D eigenvalue weighted by Gasteiger charge is 2.33. The number of carbonyl (C=O) groups is 1. The van der Waals surface area contributed by atoms with E-state index in [4.69, 9.17) is 0 Å². The Morgan fingerprint density at radius 2 is 1.52 bits per heavy atom. The first-order chi connectivity index (χ1) is 14.2. The molecule has 29 heavy (non-hydrogen) atoms. The number of hydrogen-bond donors (Lipinski definition) is 1. The van der Waals surface area contributed by atoms with Gasteiger partial charge in [0, 0.05) is 12.6 Å². The largest absolute Gasteiger partial charge is 0.331 e. The van der Waals surface area contributed by atoms with Crippen LogP contribution in [0.1, 0.15) is 35.6 Å². The topological polar surface area (TPSA) is 32.3 Å². The smallest absolute Gasteiger partial charge is 0.318 e. The van der Waals surface area contributed by atoms with Crippen LogP contribution in [0.5, 0.6) is 0 Å². The average molecular weight is 388 g/mol. The van der Waals surface area contributed by atoms with Gasteiger partial charge in [0.2, 0.25) is 0 Å². The van der Waals surface area contributed by atoms with Gasteiger partial charge in [-0.1, -0.05) is 72.8 Å². The number of urea groups is 1. The summed E-state index contributed by atoms with van der Waals surface area (Å²) in [6.45, 7) is 0.490. The van der Waals surface area contributed by atoms with E-state index in [0.29, 0.717) is 6.54 Å². The molecule has 4 rings (SSSR count). The van der Waals surface area contributed by atoms with Crippen molar-refractivity contribution in [2.24, 2.45) is 0 Å². The minimum Gasteiger partial charge on any atom is -0.331 e. The van der Waals surface area contributed by atoms with Crippen LogP contribution in [0.15, 0.2) is 84.9 Å². The van der Waals surface area contributed by atoms with E-state index >= 15 is 0 Å². The summed E-state index contributed by atoms with van der Waals surface area (Å²) < 4.78 is 13.2. The molecule has 0 heterocycles. The molecule has 0 aromatic heterocycles. The van der Waals surface area contributed by atoms with Crippen LogP contribution >= 0.6 is 0 Å². The molecule has 0 spiro atoms. The monoisotopic (exact) mass is 388 g/mol. The first-order valence-electron chi connectivity index (χ1n) is 10.1. The van der Waals surface area contributed by atoms with E-state index in [9.17, 15) is 9.18 Å². The van der Waals surface area contributed by atoms with E-state index in [2.05, 4.69) is 29.6 Å². The fraction of sp³-hybridized carbons (Fsp3) is 0.240. The zero-order valence-corrected chi connectivity index (χ0v) is 16.3. The number of benzene rings is 3. The molecule has 2 amide bonds. The van der Waals surface area contributed by atoms with Crippen molar-refractivity contribution in [2.75, 3.05) is 0 Å². The highest BCUT2D eigenvalue weighted by molar-refractivity contribution is 5.75. The number of hydrogen-bond acceptors (Lipinski definition) is 1. The zero-order valence-electron chi connectivity index (χ0n) is 16.3. The number of halogens is 1. The zero-order chi connectivity index (χ0) is 20.1. The summed E-state index contributed by atoms with van der Waals surface area (Å²) >= 11 is 0. The van der Waals surface area contributed by atoms with Crippen molar-refractivity contribution in [1.29, 1.82) is 0 Å². The van der Waals surface area contributed by atoms with Crippen molar-refractivity contribution in [1.82, 2.24) is 10.2 Å². The van der Waals surface area contributed by atoms with Gasteiger partial charge in [-0.15, -0.1) is 0 Å². The van der Waals surface area contributed by atoms with Gasteiger partial charge in [-0.3, -0.25) is 0 Å². The van der Waals surface area contributed by atoms with Crippen LogP contribution in [-0.4, -0.2) is 17.0 Å². The van der Waals surface area contributed by atoms with Crippen molar-refractivity contribution < 1.29 is 9.18 Å². The van der Waals surface area contributed by atoms with E-state index in [1.54, 1.807) is 12.1 Å². The van der Waals surface area contributed by atoms with Gasteiger partial charge < -0.3 is 10.2 Å². The highest BCUT2D eigenvalue weighted by atomic mass is 19.1. The van der Waals surface area contributed by atoms with E-state index in [1.807, 2.05) is 41.3 Å². The highest BCUT2D eigenvalue weighted by Crippen LogP contribution is 2.29. The number of carbonyl (C=O) groups excluding carboxylic acids is 1. The van der Waals surface area contributed by atoms with Crippen molar-refractivity contribution >= 4 is 6.03 Å². The van der Waals surface area contributed by atoms with Crippen molar-refractivity contribution in [2.45, 2.75) is 37.9 Å². The Morgan fingerprint density at radius 3 is 2.14 bits per heavy atom. The normalized spacial score (nSPS) is 14.2. The summed E-state index contributed by atoms with van der Waals surface area (Å²) in [7, 11) is 0. The summed E-state index contributed by atoms with van der Waals surface area (Å²) in [6, 6.07) is 26.7. The molecule has 4 heteroatoms. The van der Waals surface area contributed by atoms with Gasteiger partial charge in [0.15, 0.2) is 0 Å². The SMILES string of the molecule is O=C(NC(Cc1ccccc1)c1ccccc1)N(Cc1ccc(F)cc1)C1CC1. The molecule has 3 aromatic carbocycles. The molecule has 1 aliphatic rings. The van der Waals surface area contributed by atoms with E-state index < -0.39 is 0 Å². The Bertz CT molecular complexity index is 924. The summed E-state index contributed by atoms with van der Waals surface area (Å²) in [5.41, 5.74) is 3.20. The molecule has 0 radical (unpaired) electrons. The molecule has 1 atom stereocenters. The maximum absolute atomic E-state index is 13.2. The number of nitrogens with zero attached hydrogens (tertiary/aromatic N) is 1. The van der Waals surface area contributed by atoms with Gasteiger partial charge in [-0.2, -0.15) is 0 Å². The first kappa shape index (κ1) is 19.2. The molecule has 1 saturated carbocycles. The second kappa shape index (κ2) is 8.91. The molecular weight excluding hydrogens is 363 g/mol. The van der Waals surface area contributed by atoms with Crippen LogP contribution in [-0.2, 0) is 13.0 Å². The van der Waals surface area contributed by atoms with Crippen molar-refractivity contribution in [3.63, 3.8) is 0 Å². The van der Waals surface area contributed by atoms with Gasteiger partial charge in [0.1, 0.15) is 5.82 Å². The fourth-order valence-electron chi connectivity index (χ4n) is 3.56. The minimum atomic E-state index is -0.261. The third-order valence-corrected chi connectivity index (χ3v) is 5.30. The lowest BCUT2D eigenvalue weighted by atomic mass is 9.99. The summed E-state index contributed by atoms with van der Waals surface area (Å²) in [5, 5.41) is 3.25. The molecule has 0 aliphatic heterocycles. The molecular formula is C25H25FN2O. The predicted octanol–water partition coefficient (Wildman–Crippen LogP) is 5.48. The molecule has 1 N–H and O–H groups in total. The lowest BCUT2D eigenvalue weighted by Crippen LogP contribution is -2.43. The lowest BCUT2D eigenvalue weighted by molar-refractivity contribution is 0.187. The predicted molar refractivity (Wildman–Crippen MR) is 113 cm³/mol. The molecule has 1 fully saturated rings. The van der Waals surface area contributed by atoms with Gasteiger partial charge in [-0.25, -0.2) is 9.18 Å². The van der Waals surface area contributed by atoms with Crippen LogP contribution in [0.2, 0.25) is 0 Å². The third-order valence-electron chi connectivity index (χ3n) is 5.30. The second-order valence-electron chi connectivity index (χ2n) is 7.59. The van der Waals surface area contributed by atoms with Gasteiger partial charge >= 0.3 is 6.03 Å². The van der Waals surface area contributed by atoms with Gasteiger partial charge in [0.25, 0.3) is 0 Å². The number of amides is 2. The Hall–Kier alpha value is -3.14. The molecule has 0 bridgehead atoms. The standard InChI is InChI=1S/C25H25FN2O/c26-22-13-11-20(12-14-22)18-28(23-15-16-23)25(29)27-24(21-9-5-2-6-10-21)17-19-7-3-1-4-8-19/h1-14,23-24H,15-18H2,(H,27,29). The molecule has 3 nitrogen and oxygen atoms in total. The van der Waals surface area contributed by atoms with Crippen LogP contribution in [0.3, 0.4) is 0 Å². The molecule has 3 aromatic rings. The van der Waals surface area contributed by atoms with Gasteiger partial charge in [0.05, 0.1) is 6.04 Å². The van der Waals surface area contributed by atoms with Crippen LogP contribution in [0.4, 0.5) is 9.18 Å². The number of nitrogens with one attached hydrogen (secondary N) is 1. The quantitative estimate of drug-likeness (QED) is 0.571. The molecule has 0 saturated heterocycles. The molecule has 148 valence electrons. The van der Waals surface area contributed by atoms with E-state index in [1.165, 1.54) is 17.7 Å². The maximum atomic E-state index is 13.2. The second-order valence-corrected chi connectivity index (χ2v) is 7.59.